The Kier molecular flexibility index (Phi) is 6.11. The fourth-order valence-corrected chi connectivity index (χ4v) is 2.87. The van der Waals surface area contributed by atoms with Crippen LogP contribution in [0.25, 0.3) is 6.08 Å². The van der Waals surface area contributed by atoms with E-state index >= 15 is 0 Å². The zero-order valence-corrected chi connectivity index (χ0v) is 13.4. The van der Waals surface area contributed by atoms with Crippen molar-refractivity contribution in [3.8, 4) is 0 Å². The molecule has 0 radical (unpaired) electrons. The van der Waals surface area contributed by atoms with Crippen LogP contribution in [-0.2, 0) is 14.8 Å². The third kappa shape index (κ3) is 5.69. The van der Waals surface area contributed by atoms with E-state index in [1.807, 2.05) is 38.1 Å². The van der Waals surface area contributed by atoms with E-state index < -0.39 is 22.0 Å². The van der Waals surface area contributed by atoms with Gasteiger partial charge in [0, 0.05) is 5.41 Å². The predicted molar refractivity (Wildman–Crippen MR) is 84.7 cm³/mol. The number of hydrogen-bond donors (Lipinski definition) is 2. The van der Waals surface area contributed by atoms with E-state index in [1.54, 1.807) is 6.92 Å². The molecule has 1 amide bonds. The van der Waals surface area contributed by atoms with E-state index in [9.17, 15) is 13.2 Å². The molecule has 3 N–H and O–H groups in total. The van der Waals surface area contributed by atoms with E-state index in [4.69, 9.17) is 5.73 Å². The molecule has 2 unspecified atom stereocenters. The Bertz CT molecular complexity index is 606. The molecule has 0 aliphatic carbocycles. The third-order valence-corrected chi connectivity index (χ3v) is 4.40. The molecule has 0 fully saturated rings. The van der Waals surface area contributed by atoms with Crippen LogP contribution in [0.3, 0.4) is 0 Å². The summed E-state index contributed by atoms with van der Waals surface area (Å²) >= 11 is 0. The maximum Gasteiger partial charge on any atom is 0.235 e. The van der Waals surface area contributed by atoms with Crippen molar-refractivity contribution in [1.29, 1.82) is 0 Å². The third-order valence-electron chi connectivity index (χ3n) is 3.33. The molecule has 1 rings (SSSR count). The Hall–Kier alpha value is -1.66. The van der Waals surface area contributed by atoms with Crippen molar-refractivity contribution in [1.82, 2.24) is 4.72 Å². The average Bonchev–Trinajstić information content (AvgIpc) is 2.43. The number of sulfonamides is 1. The van der Waals surface area contributed by atoms with Gasteiger partial charge in [0.25, 0.3) is 0 Å². The Balaban J connectivity index is 2.85. The molecule has 1 aromatic rings. The maximum absolute atomic E-state index is 12.0. The van der Waals surface area contributed by atoms with Crippen LogP contribution >= 0.6 is 0 Å². The SMILES string of the molecule is CCC(C)C(NS(=O)(=O)/C=C/c1ccc(C)cc1)C(N)=O. The van der Waals surface area contributed by atoms with Crippen LogP contribution in [0.2, 0.25) is 0 Å². The van der Waals surface area contributed by atoms with E-state index in [-0.39, 0.29) is 5.92 Å². The number of hydrogen-bond acceptors (Lipinski definition) is 3. The van der Waals surface area contributed by atoms with E-state index in [0.717, 1.165) is 16.5 Å². The Morgan fingerprint density at radius 1 is 1.33 bits per heavy atom. The van der Waals surface area contributed by atoms with E-state index in [0.29, 0.717) is 6.42 Å². The number of nitrogens with two attached hydrogens (primary N) is 1. The lowest BCUT2D eigenvalue weighted by Crippen LogP contribution is -2.47. The highest BCUT2D eigenvalue weighted by atomic mass is 32.2. The second-order valence-electron chi connectivity index (χ2n) is 5.14. The molecular formula is C15H22N2O3S. The lowest BCUT2D eigenvalue weighted by atomic mass is 10.00. The number of nitrogens with one attached hydrogen (secondary N) is 1. The zero-order chi connectivity index (χ0) is 16.0. The largest absolute Gasteiger partial charge is 0.368 e. The first kappa shape index (κ1) is 17.4. The highest BCUT2D eigenvalue weighted by Crippen LogP contribution is 2.10. The van der Waals surface area contributed by atoms with Gasteiger partial charge in [0.05, 0.1) is 0 Å². The van der Waals surface area contributed by atoms with Crippen LogP contribution in [0, 0.1) is 12.8 Å². The van der Waals surface area contributed by atoms with E-state index in [1.165, 1.54) is 6.08 Å². The highest BCUT2D eigenvalue weighted by Gasteiger charge is 2.25. The molecule has 21 heavy (non-hydrogen) atoms. The Morgan fingerprint density at radius 3 is 2.38 bits per heavy atom. The average molecular weight is 310 g/mol. The first-order valence-electron chi connectivity index (χ1n) is 6.81. The molecule has 0 saturated heterocycles. The van der Waals surface area contributed by atoms with Crippen LogP contribution in [-0.4, -0.2) is 20.4 Å². The Morgan fingerprint density at radius 2 is 1.90 bits per heavy atom. The lowest BCUT2D eigenvalue weighted by molar-refractivity contribution is -0.120. The van der Waals surface area contributed by atoms with Gasteiger partial charge in [-0.25, -0.2) is 8.42 Å². The summed E-state index contributed by atoms with van der Waals surface area (Å²) in [6.07, 6.45) is 2.13. The first-order valence-corrected chi connectivity index (χ1v) is 8.36. The summed E-state index contributed by atoms with van der Waals surface area (Å²) in [5.41, 5.74) is 7.12. The first-order chi connectivity index (χ1) is 9.75. The summed E-state index contributed by atoms with van der Waals surface area (Å²) in [5.74, 6) is -0.832. The molecule has 2 atom stereocenters. The van der Waals surface area contributed by atoms with E-state index in [2.05, 4.69) is 4.72 Å². The minimum absolute atomic E-state index is 0.162. The number of amides is 1. The second-order valence-corrected chi connectivity index (χ2v) is 6.74. The monoisotopic (exact) mass is 310 g/mol. The molecule has 0 heterocycles. The van der Waals surface area contributed by atoms with Crippen molar-refractivity contribution in [3.63, 3.8) is 0 Å². The molecule has 116 valence electrons. The van der Waals surface area contributed by atoms with Gasteiger partial charge in [-0.05, 0) is 24.5 Å². The van der Waals surface area contributed by atoms with Gasteiger partial charge in [-0.15, -0.1) is 0 Å². The van der Waals surface area contributed by atoms with Crippen molar-refractivity contribution in [3.05, 3.63) is 40.8 Å². The number of carbonyl (C=O) groups is 1. The summed E-state index contributed by atoms with van der Waals surface area (Å²) in [6.45, 7) is 5.61. The van der Waals surface area contributed by atoms with Gasteiger partial charge in [0.15, 0.2) is 0 Å². The van der Waals surface area contributed by atoms with Crippen LogP contribution in [0.4, 0.5) is 0 Å². The second kappa shape index (κ2) is 7.38. The van der Waals surface area contributed by atoms with Gasteiger partial charge >= 0.3 is 0 Å². The van der Waals surface area contributed by atoms with Crippen molar-refractivity contribution in [2.24, 2.45) is 11.7 Å². The summed E-state index contributed by atoms with van der Waals surface area (Å²) in [5, 5.41) is 1.05. The summed E-state index contributed by atoms with van der Waals surface area (Å²) in [7, 11) is -3.72. The van der Waals surface area contributed by atoms with Gasteiger partial charge < -0.3 is 5.73 Å². The number of rotatable bonds is 7. The van der Waals surface area contributed by atoms with Crippen LogP contribution < -0.4 is 10.5 Å². The standard InChI is InChI=1S/C15H22N2O3S/c1-4-12(3)14(15(16)18)17-21(19,20)10-9-13-7-5-11(2)6-8-13/h5-10,12,14,17H,4H2,1-3H3,(H2,16,18)/b10-9+. The van der Waals surface area contributed by atoms with Gasteiger partial charge in [-0.3, -0.25) is 4.79 Å². The Labute approximate surface area is 126 Å². The van der Waals surface area contributed by atoms with Crippen molar-refractivity contribution in [2.45, 2.75) is 33.2 Å². The maximum atomic E-state index is 12.0. The number of aryl methyl sites for hydroxylation is 1. The smallest absolute Gasteiger partial charge is 0.235 e. The van der Waals surface area contributed by atoms with Crippen LogP contribution in [0.15, 0.2) is 29.7 Å². The fourth-order valence-electron chi connectivity index (χ4n) is 1.75. The normalized spacial score (nSPS) is 15.0. The van der Waals surface area contributed by atoms with Gasteiger partial charge in [-0.2, -0.15) is 4.72 Å². The topological polar surface area (TPSA) is 89.3 Å². The summed E-state index contributed by atoms with van der Waals surface area (Å²) < 4.78 is 26.3. The number of carbonyl (C=O) groups excluding carboxylic acids is 1. The highest BCUT2D eigenvalue weighted by molar-refractivity contribution is 7.92. The molecule has 0 aromatic heterocycles. The van der Waals surface area contributed by atoms with Gasteiger partial charge in [-0.1, -0.05) is 50.1 Å². The van der Waals surface area contributed by atoms with Gasteiger partial charge in [0.1, 0.15) is 6.04 Å². The molecule has 1 aromatic carbocycles. The zero-order valence-electron chi connectivity index (χ0n) is 12.5. The molecule has 0 saturated carbocycles. The fraction of sp³-hybridized carbons (Fsp3) is 0.400. The number of primary amides is 1. The van der Waals surface area contributed by atoms with Crippen molar-refractivity contribution < 1.29 is 13.2 Å². The summed E-state index contributed by atoms with van der Waals surface area (Å²) in [4.78, 5) is 11.4. The molecule has 0 spiro atoms. The molecule has 6 heteroatoms. The van der Waals surface area contributed by atoms with Crippen LogP contribution in [0.1, 0.15) is 31.4 Å². The summed E-state index contributed by atoms with van der Waals surface area (Å²) in [6, 6.07) is 6.53. The molecule has 0 aliphatic rings. The molecule has 0 bridgehead atoms. The van der Waals surface area contributed by atoms with Crippen molar-refractivity contribution in [2.75, 3.05) is 0 Å². The van der Waals surface area contributed by atoms with Crippen LogP contribution in [0.5, 0.6) is 0 Å². The quantitative estimate of drug-likeness (QED) is 0.804. The van der Waals surface area contributed by atoms with Crippen molar-refractivity contribution >= 4 is 22.0 Å². The van der Waals surface area contributed by atoms with Gasteiger partial charge in [0.2, 0.25) is 15.9 Å². The number of benzene rings is 1. The molecular weight excluding hydrogens is 288 g/mol. The molecule has 5 nitrogen and oxygen atoms in total. The molecule has 0 aliphatic heterocycles. The lowest BCUT2D eigenvalue weighted by Gasteiger charge is -2.19. The minimum Gasteiger partial charge on any atom is -0.368 e. The minimum atomic E-state index is -3.72. The predicted octanol–water partition coefficient (Wildman–Crippen LogP) is 1.79.